The van der Waals surface area contributed by atoms with Crippen LogP contribution < -0.4 is 10.6 Å². The second-order valence-electron chi connectivity index (χ2n) is 7.54. The van der Waals surface area contributed by atoms with Crippen LogP contribution in [0.3, 0.4) is 0 Å². The van der Waals surface area contributed by atoms with Crippen LogP contribution in [0.4, 0.5) is 0 Å². The molecule has 29 heavy (non-hydrogen) atoms. The monoisotopic (exact) mass is 508 g/mol. The molecular formula is C22H33IN6. The molecule has 2 aromatic heterocycles. The molecule has 3 N–H and O–H groups in total. The van der Waals surface area contributed by atoms with Gasteiger partial charge in [0, 0.05) is 42.5 Å². The minimum atomic E-state index is 0. The van der Waals surface area contributed by atoms with Crippen LogP contribution >= 0.6 is 24.0 Å². The fourth-order valence-electron chi connectivity index (χ4n) is 3.66. The number of H-pyrrole nitrogens is 1. The molecule has 6 nitrogen and oxygen atoms in total. The van der Waals surface area contributed by atoms with Gasteiger partial charge in [-0.15, -0.1) is 24.0 Å². The zero-order chi connectivity index (χ0) is 20.4. The molecule has 0 atom stereocenters. The van der Waals surface area contributed by atoms with Crippen molar-refractivity contribution in [2.75, 3.05) is 6.54 Å². The highest BCUT2D eigenvalue weighted by molar-refractivity contribution is 14.0. The molecule has 1 aromatic carbocycles. The topological polar surface area (TPSA) is 70.0 Å². The summed E-state index contributed by atoms with van der Waals surface area (Å²) in [4.78, 5) is 8.38. The van der Waals surface area contributed by atoms with E-state index in [9.17, 15) is 0 Å². The molecule has 0 fully saturated rings. The summed E-state index contributed by atoms with van der Waals surface area (Å²) in [5.41, 5.74) is 9.67. The summed E-state index contributed by atoms with van der Waals surface area (Å²) in [5.74, 6) is 0.819. The molecule has 0 radical (unpaired) electrons. The van der Waals surface area contributed by atoms with E-state index in [1.807, 2.05) is 18.7 Å². The number of hydrogen-bond donors (Lipinski definition) is 3. The fraction of sp³-hybridized carbons (Fsp3) is 0.455. The van der Waals surface area contributed by atoms with Gasteiger partial charge in [0.15, 0.2) is 5.96 Å². The fourth-order valence-corrected chi connectivity index (χ4v) is 3.66. The molecule has 0 unspecified atom stereocenters. The molecule has 0 aliphatic rings. The van der Waals surface area contributed by atoms with Crippen LogP contribution in [-0.4, -0.2) is 27.3 Å². The number of aromatic nitrogens is 3. The molecule has 3 aromatic rings. The highest BCUT2D eigenvalue weighted by Gasteiger charge is 2.11. The Kier molecular flexibility index (Phi) is 7.73. The van der Waals surface area contributed by atoms with Crippen molar-refractivity contribution in [3.05, 3.63) is 51.5 Å². The van der Waals surface area contributed by atoms with Crippen LogP contribution in [0.25, 0.3) is 10.9 Å². The lowest BCUT2D eigenvalue weighted by molar-refractivity contribution is 0.728. The maximum absolute atomic E-state index is 4.84. The number of aromatic amines is 1. The second-order valence-corrected chi connectivity index (χ2v) is 7.54. The van der Waals surface area contributed by atoms with Crippen LogP contribution in [0.5, 0.6) is 0 Å². The zero-order valence-electron chi connectivity index (χ0n) is 18.5. The van der Waals surface area contributed by atoms with Gasteiger partial charge in [-0.3, -0.25) is 4.68 Å². The first-order valence-electron chi connectivity index (χ1n) is 9.91. The van der Waals surface area contributed by atoms with Gasteiger partial charge in [-0.2, -0.15) is 5.10 Å². The van der Waals surface area contributed by atoms with Crippen molar-refractivity contribution in [1.29, 1.82) is 0 Å². The molecule has 0 amide bonds. The Bertz CT molecular complexity index is 1030. The lowest BCUT2D eigenvalue weighted by atomic mass is 10.0. The first kappa shape index (κ1) is 23.3. The average molecular weight is 508 g/mol. The predicted octanol–water partition coefficient (Wildman–Crippen LogP) is 4.32. The maximum Gasteiger partial charge on any atom is 0.191 e. The minimum Gasteiger partial charge on any atom is -0.358 e. The number of benzene rings is 1. The van der Waals surface area contributed by atoms with Gasteiger partial charge < -0.3 is 15.6 Å². The Morgan fingerprint density at radius 1 is 1.14 bits per heavy atom. The first-order valence-corrected chi connectivity index (χ1v) is 9.91. The summed E-state index contributed by atoms with van der Waals surface area (Å²) in [6, 6.07) is 4.47. The van der Waals surface area contributed by atoms with Crippen LogP contribution in [0.1, 0.15) is 46.3 Å². The van der Waals surface area contributed by atoms with Crippen molar-refractivity contribution in [3.63, 3.8) is 0 Å². The number of guanidine groups is 1. The van der Waals surface area contributed by atoms with Gasteiger partial charge in [0.1, 0.15) is 0 Å². The Labute approximate surface area is 190 Å². The molecule has 7 heteroatoms. The molecule has 2 heterocycles. The first-order chi connectivity index (χ1) is 13.3. The van der Waals surface area contributed by atoms with Gasteiger partial charge in [-0.05, 0) is 58.7 Å². The summed E-state index contributed by atoms with van der Waals surface area (Å²) in [6.45, 7) is 14.8. The number of halogens is 1. The van der Waals surface area contributed by atoms with Crippen molar-refractivity contribution in [3.8, 4) is 0 Å². The molecule has 3 rings (SSSR count). The Hall–Kier alpha value is -2.03. The summed E-state index contributed by atoms with van der Waals surface area (Å²) >= 11 is 0. The number of aliphatic imine (C=N–C) groups is 1. The third kappa shape index (κ3) is 4.94. The third-order valence-corrected chi connectivity index (χ3v) is 5.49. The predicted molar refractivity (Wildman–Crippen MR) is 132 cm³/mol. The van der Waals surface area contributed by atoms with E-state index in [0.29, 0.717) is 13.1 Å². The highest BCUT2D eigenvalue weighted by atomic mass is 127. The van der Waals surface area contributed by atoms with Gasteiger partial charge in [-0.25, -0.2) is 4.99 Å². The SMILES string of the molecule is CCNC(=NCc1cc(C)cc2c(C)c(C)[nH]c12)NCc1c(C)nn(C)c1C.I. The van der Waals surface area contributed by atoms with Crippen molar-refractivity contribution in [1.82, 2.24) is 25.4 Å². The smallest absolute Gasteiger partial charge is 0.191 e. The number of nitrogens with one attached hydrogen (secondary N) is 3. The number of hydrogen-bond acceptors (Lipinski definition) is 2. The molecular weight excluding hydrogens is 475 g/mol. The molecule has 0 bridgehead atoms. The maximum atomic E-state index is 4.84. The summed E-state index contributed by atoms with van der Waals surface area (Å²) < 4.78 is 1.93. The molecule has 0 aliphatic carbocycles. The Morgan fingerprint density at radius 2 is 1.86 bits per heavy atom. The van der Waals surface area contributed by atoms with Gasteiger partial charge >= 0.3 is 0 Å². The lowest BCUT2D eigenvalue weighted by Crippen LogP contribution is -2.37. The van der Waals surface area contributed by atoms with Gasteiger partial charge in [-0.1, -0.05) is 11.6 Å². The van der Waals surface area contributed by atoms with Gasteiger partial charge in [0.05, 0.1) is 17.8 Å². The van der Waals surface area contributed by atoms with E-state index in [2.05, 4.69) is 67.5 Å². The Balaban J connectivity index is 0.00000300. The molecule has 158 valence electrons. The van der Waals surface area contributed by atoms with E-state index < -0.39 is 0 Å². The Morgan fingerprint density at radius 3 is 2.48 bits per heavy atom. The summed E-state index contributed by atoms with van der Waals surface area (Å²) in [7, 11) is 1.98. The summed E-state index contributed by atoms with van der Waals surface area (Å²) in [6.07, 6.45) is 0. The zero-order valence-corrected chi connectivity index (χ0v) is 20.9. The highest BCUT2D eigenvalue weighted by Crippen LogP contribution is 2.26. The largest absolute Gasteiger partial charge is 0.358 e. The molecule has 0 saturated heterocycles. The standard InChI is InChI=1S/C22H32N6.HI/c1-8-23-22(25-12-20-16(5)27-28(7)17(20)6)24-11-18-9-13(2)10-19-14(3)15(4)26-21(18)19;/h9-10,26H,8,11-12H2,1-7H3,(H2,23,24,25);1H. The van der Waals surface area contributed by atoms with Crippen LogP contribution in [0, 0.1) is 34.6 Å². The quantitative estimate of drug-likeness (QED) is 0.273. The number of aryl methyl sites for hydroxylation is 5. The molecule has 0 spiro atoms. The van der Waals surface area contributed by atoms with Gasteiger partial charge in [0.2, 0.25) is 0 Å². The minimum absolute atomic E-state index is 0. The van der Waals surface area contributed by atoms with E-state index in [1.54, 1.807) is 0 Å². The van der Waals surface area contributed by atoms with Crippen molar-refractivity contribution in [2.24, 2.45) is 12.0 Å². The van der Waals surface area contributed by atoms with Crippen molar-refractivity contribution < 1.29 is 0 Å². The van der Waals surface area contributed by atoms with E-state index in [1.165, 1.54) is 44.5 Å². The summed E-state index contributed by atoms with van der Waals surface area (Å²) in [5, 5.41) is 12.6. The van der Waals surface area contributed by atoms with E-state index in [4.69, 9.17) is 4.99 Å². The molecule has 0 saturated carbocycles. The van der Waals surface area contributed by atoms with Crippen LogP contribution in [-0.2, 0) is 20.1 Å². The number of rotatable bonds is 5. The van der Waals surface area contributed by atoms with Crippen molar-refractivity contribution >= 4 is 40.8 Å². The number of fused-ring (bicyclic) bond motifs is 1. The van der Waals surface area contributed by atoms with Crippen LogP contribution in [0.2, 0.25) is 0 Å². The second kappa shape index (κ2) is 9.65. The van der Waals surface area contributed by atoms with E-state index in [0.717, 1.165) is 18.2 Å². The number of nitrogens with zero attached hydrogens (tertiary/aromatic N) is 3. The lowest BCUT2D eigenvalue weighted by Gasteiger charge is -2.12. The van der Waals surface area contributed by atoms with Crippen LogP contribution in [0.15, 0.2) is 17.1 Å². The molecule has 0 aliphatic heterocycles. The van der Waals surface area contributed by atoms with E-state index >= 15 is 0 Å². The van der Waals surface area contributed by atoms with Crippen molar-refractivity contribution in [2.45, 2.75) is 54.6 Å². The third-order valence-electron chi connectivity index (χ3n) is 5.49. The van der Waals surface area contributed by atoms with Gasteiger partial charge in [0.25, 0.3) is 0 Å². The average Bonchev–Trinajstić information content (AvgIpc) is 3.06. The van der Waals surface area contributed by atoms with E-state index in [-0.39, 0.29) is 24.0 Å². The normalized spacial score (nSPS) is 11.6.